The van der Waals surface area contributed by atoms with Crippen molar-refractivity contribution in [3.05, 3.63) is 28.5 Å². The van der Waals surface area contributed by atoms with E-state index >= 15 is 0 Å². The van der Waals surface area contributed by atoms with Gasteiger partial charge in [-0.3, -0.25) is 9.59 Å². The number of aliphatic carboxylic acids is 1. The summed E-state index contributed by atoms with van der Waals surface area (Å²) in [4.78, 5) is 25.5. The second kappa shape index (κ2) is 5.99. The Balaban J connectivity index is 2.00. The van der Waals surface area contributed by atoms with Crippen LogP contribution in [0, 0.1) is 5.92 Å². The molecule has 0 radical (unpaired) electrons. The highest BCUT2D eigenvalue weighted by Crippen LogP contribution is 2.19. The number of carboxylic acids is 1. The molecule has 1 aromatic rings. The van der Waals surface area contributed by atoms with E-state index in [0.717, 1.165) is 4.88 Å². The minimum absolute atomic E-state index is 0.159. The Bertz CT molecular complexity index is 483. The number of carboxylic acid groups (broad SMARTS) is 1. The number of rotatable bonds is 4. The number of ether oxygens (including phenoxy) is 1. The molecule has 2 heterocycles. The third-order valence-electron chi connectivity index (χ3n) is 3.15. The van der Waals surface area contributed by atoms with E-state index in [1.165, 1.54) is 22.3 Å². The minimum atomic E-state index is -0.926. The molecule has 1 saturated heterocycles. The molecule has 1 aliphatic heterocycles. The van der Waals surface area contributed by atoms with Crippen molar-refractivity contribution >= 4 is 29.3 Å². The first-order valence-electron chi connectivity index (χ1n) is 5.88. The number of thiophene rings is 1. The van der Waals surface area contributed by atoms with Crippen molar-refractivity contribution in [2.24, 2.45) is 5.92 Å². The van der Waals surface area contributed by atoms with E-state index in [2.05, 4.69) is 0 Å². The van der Waals surface area contributed by atoms with Gasteiger partial charge in [0.25, 0.3) is 0 Å². The van der Waals surface area contributed by atoms with Gasteiger partial charge in [-0.1, -0.05) is 6.07 Å². The molecule has 0 aromatic carbocycles. The second-order valence-electron chi connectivity index (χ2n) is 4.35. The van der Waals surface area contributed by atoms with Crippen molar-refractivity contribution in [1.29, 1.82) is 0 Å². The molecule has 0 aliphatic carbocycles. The molecule has 102 valence electrons. The molecule has 2 unspecified atom stereocenters. The van der Waals surface area contributed by atoms with Crippen molar-refractivity contribution in [1.82, 2.24) is 4.90 Å². The van der Waals surface area contributed by atoms with Gasteiger partial charge in [-0.05, 0) is 17.5 Å². The van der Waals surface area contributed by atoms with Crippen molar-refractivity contribution in [2.45, 2.75) is 6.04 Å². The predicted octanol–water partition coefficient (Wildman–Crippen LogP) is 1.32. The number of carbonyl (C=O) groups is 2. The minimum Gasteiger partial charge on any atom is -0.481 e. The lowest BCUT2D eigenvalue weighted by molar-refractivity contribution is -0.143. The molecule has 5 nitrogen and oxygen atoms in total. The molecule has 0 spiro atoms. The van der Waals surface area contributed by atoms with E-state index in [1.807, 2.05) is 17.5 Å². The molecule has 0 bridgehead atoms. The summed E-state index contributed by atoms with van der Waals surface area (Å²) in [5.41, 5.74) is 0. The van der Waals surface area contributed by atoms with Gasteiger partial charge < -0.3 is 14.7 Å². The van der Waals surface area contributed by atoms with Crippen LogP contribution in [-0.2, 0) is 14.3 Å². The first-order chi connectivity index (χ1) is 9.09. The van der Waals surface area contributed by atoms with Gasteiger partial charge >= 0.3 is 5.97 Å². The Morgan fingerprint density at radius 1 is 1.53 bits per heavy atom. The van der Waals surface area contributed by atoms with Crippen LogP contribution < -0.4 is 0 Å². The number of hydrogen-bond donors (Lipinski definition) is 1. The highest BCUT2D eigenvalue weighted by Gasteiger charge is 2.37. The van der Waals surface area contributed by atoms with Crippen LogP contribution >= 0.6 is 11.3 Å². The van der Waals surface area contributed by atoms with Gasteiger partial charge in [-0.2, -0.15) is 0 Å². The van der Waals surface area contributed by atoms with Crippen molar-refractivity contribution < 1.29 is 19.4 Å². The van der Waals surface area contributed by atoms with Gasteiger partial charge in [0.05, 0.1) is 19.3 Å². The smallest absolute Gasteiger partial charge is 0.311 e. The van der Waals surface area contributed by atoms with Crippen LogP contribution in [0.1, 0.15) is 4.88 Å². The SMILES string of the molecule is CN(C(=O)C=Cc1cccs1)C1COCC1C(=O)O. The van der Waals surface area contributed by atoms with E-state index in [9.17, 15) is 9.59 Å². The summed E-state index contributed by atoms with van der Waals surface area (Å²) in [6.07, 6.45) is 3.19. The average molecular weight is 281 g/mol. The van der Waals surface area contributed by atoms with Crippen LogP contribution in [0.15, 0.2) is 23.6 Å². The normalized spacial score (nSPS) is 22.8. The summed E-state index contributed by atoms with van der Waals surface area (Å²) in [5, 5.41) is 11.0. The molecule has 2 rings (SSSR count). The van der Waals surface area contributed by atoms with Crippen LogP contribution in [0.3, 0.4) is 0 Å². The Kier molecular flexibility index (Phi) is 4.34. The molecule has 1 aliphatic rings. The zero-order chi connectivity index (χ0) is 13.8. The fourth-order valence-corrected chi connectivity index (χ4v) is 2.60. The van der Waals surface area contributed by atoms with E-state index < -0.39 is 17.9 Å². The second-order valence-corrected chi connectivity index (χ2v) is 5.33. The standard InChI is InChI=1S/C13H15NO4S/c1-14(11-8-18-7-10(11)13(16)17)12(15)5-4-9-3-2-6-19-9/h2-6,10-11H,7-8H2,1H3,(H,16,17). The molecule has 1 amide bonds. The molecule has 1 N–H and O–H groups in total. The number of hydrogen-bond acceptors (Lipinski definition) is 4. The van der Waals surface area contributed by atoms with Gasteiger partial charge in [0.1, 0.15) is 5.92 Å². The van der Waals surface area contributed by atoms with Gasteiger partial charge in [-0.25, -0.2) is 0 Å². The predicted molar refractivity (Wildman–Crippen MR) is 71.9 cm³/mol. The Morgan fingerprint density at radius 2 is 2.32 bits per heavy atom. The summed E-state index contributed by atoms with van der Waals surface area (Å²) in [6.45, 7) is 0.429. The van der Waals surface area contributed by atoms with Crippen LogP contribution in [0.5, 0.6) is 0 Å². The van der Waals surface area contributed by atoms with Gasteiger partial charge in [0, 0.05) is 18.0 Å². The average Bonchev–Trinajstić information content (AvgIpc) is 3.05. The van der Waals surface area contributed by atoms with Gasteiger partial charge in [-0.15, -0.1) is 11.3 Å². The topological polar surface area (TPSA) is 66.8 Å². The first kappa shape index (κ1) is 13.8. The fourth-order valence-electron chi connectivity index (χ4n) is 1.98. The number of carbonyl (C=O) groups excluding carboxylic acids is 1. The Hall–Kier alpha value is -1.66. The maximum atomic E-state index is 12.0. The lowest BCUT2D eigenvalue weighted by atomic mass is 10.0. The van der Waals surface area contributed by atoms with Crippen LogP contribution in [0.25, 0.3) is 6.08 Å². The highest BCUT2D eigenvalue weighted by molar-refractivity contribution is 7.10. The molecular formula is C13H15NO4S. The van der Waals surface area contributed by atoms with Crippen LogP contribution in [0.4, 0.5) is 0 Å². The van der Waals surface area contributed by atoms with E-state index in [-0.39, 0.29) is 19.1 Å². The van der Waals surface area contributed by atoms with Crippen LogP contribution in [-0.4, -0.2) is 48.2 Å². The maximum absolute atomic E-state index is 12.0. The van der Waals surface area contributed by atoms with Gasteiger partial charge in [0.2, 0.25) is 5.91 Å². The molecule has 19 heavy (non-hydrogen) atoms. The molecule has 2 atom stereocenters. The molecule has 0 saturated carbocycles. The van der Waals surface area contributed by atoms with Gasteiger partial charge in [0.15, 0.2) is 0 Å². The monoisotopic (exact) mass is 281 g/mol. The largest absolute Gasteiger partial charge is 0.481 e. The third kappa shape index (κ3) is 3.21. The molecular weight excluding hydrogens is 266 g/mol. The van der Waals surface area contributed by atoms with E-state index in [0.29, 0.717) is 0 Å². The summed E-state index contributed by atoms with van der Waals surface area (Å²) in [7, 11) is 1.61. The lowest BCUT2D eigenvalue weighted by Crippen LogP contribution is -2.43. The van der Waals surface area contributed by atoms with Crippen LogP contribution in [0.2, 0.25) is 0 Å². The molecule has 6 heteroatoms. The maximum Gasteiger partial charge on any atom is 0.311 e. The van der Waals surface area contributed by atoms with E-state index in [1.54, 1.807) is 13.1 Å². The van der Waals surface area contributed by atoms with E-state index in [4.69, 9.17) is 9.84 Å². The third-order valence-corrected chi connectivity index (χ3v) is 3.98. The number of amides is 1. The fraction of sp³-hybridized carbons (Fsp3) is 0.385. The Morgan fingerprint density at radius 3 is 2.95 bits per heavy atom. The Labute approximate surface area is 115 Å². The zero-order valence-corrected chi connectivity index (χ0v) is 11.3. The molecule has 1 aromatic heterocycles. The first-order valence-corrected chi connectivity index (χ1v) is 6.76. The lowest BCUT2D eigenvalue weighted by Gasteiger charge is -2.25. The highest BCUT2D eigenvalue weighted by atomic mass is 32.1. The quantitative estimate of drug-likeness (QED) is 0.845. The summed E-state index contributed by atoms with van der Waals surface area (Å²) in [5.74, 6) is -1.79. The molecule has 1 fully saturated rings. The summed E-state index contributed by atoms with van der Waals surface area (Å²) in [6, 6.07) is 3.41. The van der Waals surface area contributed by atoms with Crippen molar-refractivity contribution in [2.75, 3.05) is 20.3 Å². The number of nitrogens with zero attached hydrogens (tertiary/aromatic N) is 1. The van der Waals surface area contributed by atoms with Crippen molar-refractivity contribution in [3.8, 4) is 0 Å². The summed E-state index contributed by atoms with van der Waals surface area (Å²) >= 11 is 1.54. The zero-order valence-electron chi connectivity index (χ0n) is 10.5. The summed E-state index contributed by atoms with van der Waals surface area (Å²) < 4.78 is 5.16. The van der Waals surface area contributed by atoms with Crippen molar-refractivity contribution in [3.63, 3.8) is 0 Å². The number of likely N-dealkylation sites (N-methyl/N-ethyl adjacent to an activating group) is 1.